The van der Waals surface area contributed by atoms with Gasteiger partial charge in [0.15, 0.2) is 0 Å². The first-order valence-corrected chi connectivity index (χ1v) is 4.76. The molecule has 2 aliphatic heterocycles. The first-order valence-electron chi connectivity index (χ1n) is 4.76. The third-order valence-electron chi connectivity index (χ3n) is 3.04. The molecular formula is C9H17NO. The van der Waals surface area contributed by atoms with Gasteiger partial charge in [-0.15, -0.1) is 0 Å². The van der Waals surface area contributed by atoms with Gasteiger partial charge in [-0.05, 0) is 32.2 Å². The molecule has 0 amide bonds. The maximum atomic E-state index is 5.83. The van der Waals surface area contributed by atoms with Crippen LogP contribution in [0.4, 0.5) is 0 Å². The molecule has 0 aromatic heterocycles. The summed E-state index contributed by atoms with van der Waals surface area (Å²) in [7, 11) is 0. The van der Waals surface area contributed by atoms with Crippen LogP contribution in [0.5, 0.6) is 0 Å². The van der Waals surface area contributed by atoms with E-state index in [1.807, 2.05) is 0 Å². The second-order valence-electron chi connectivity index (χ2n) is 3.58. The molecule has 11 heavy (non-hydrogen) atoms. The summed E-state index contributed by atoms with van der Waals surface area (Å²) in [6.45, 7) is 5.61. The quantitative estimate of drug-likeness (QED) is 0.570. The van der Waals surface area contributed by atoms with Crippen LogP contribution in [0, 0.1) is 0 Å². The molecule has 64 valence electrons. The minimum atomic E-state index is 0.189. The van der Waals surface area contributed by atoms with Crippen molar-refractivity contribution in [1.82, 2.24) is 4.90 Å². The van der Waals surface area contributed by atoms with Crippen molar-refractivity contribution in [1.29, 1.82) is 0 Å². The summed E-state index contributed by atoms with van der Waals surface area (Å²) in [5.41, 5.74) is 0.189. The fraction of sp³-hybridized carbons (Fsp3) is 1.00. The van der Waals surface area contributed by atoms with Crippen molar-refractivity contribution in [3.8, 4) is 0 Å². The van der Waals surface area contributed by atoms with Crippen molar-refractivity contribution in [2.45, 2.75) is 38.3 Å². The molecule has 0 aliphatic carbocycles. The van der Waals surface area contributed by atoms with Gasteiger partial charge < -0.3 is 4.74 Å². The SMILES string of the molecule is CCN1CCCC12CCCO2. The molecule has 2 saturated heterocycles. The highest BCUT2D eigenvalue weighted by Crippen LogP contribution is 2.38. The Hall–Kier alpha value is -0.0800. The molecule has 0 N–H and O–H groups in total. The molecule has 2 heterocycles. The van der Waals surface area contributed by atoms with Gasteiger partial charge in [0, 0.05) is 13.2 Å². The predicted octanol–water partition coefficient (Wildman–Crippen LogP) is 1.61. The lowest BCUT2D eigenvalue weighted by molar-refractivity contribution is -0.0951. The van der Waals surface area contributed by atoms with Crippen molar-refractivity contribution in [3.63, 3.8) is 0 Å². The van der Waals surface area contributed by atoms with E-state index < -0.39 is 0 Å². The highest BCUT2D eigenvalue weighted by Gasteiger charge is 2.43. The maximum Gasteiger partial charge on any atom is 0.121 e. The van der Waals surface area contributed by atoms with E-state index in [0.717, 1.165) is 13.2 Å². The summed E-state index contributed by atoms with van der Waals surface area (Å²) in [5.74, 6) is 0. The van der Waals surface area contributed by atoms with Gasteiger partial charge in [-0.25, -0.2) is 0 Å². The van der Waals surface area contributed by atoms with Crippen molar-refractivity contribution in [2.24, 2.45) is 0 Å². The van der Waals surface area contributed by atoms with E-state index in [1.165, 1.54) is 32.2 Å². The molecule has 2 rings (SSSR count). The zero-order valence-corrected chi connectivity index (χ0v) is 7.31. The molecule has 1 spiro atoms. The Bertz CT molecular complexity index is 135. The molecule has 2 fully saturated rings. The highest BCUT2D eigenvalue weighted by atomic mass is 16.5. The van der Waals surface area contributed by atoms with Crippen LogP contribution in [0.15, 0.2) is 0 Å². The first kappa shape index (κ1) is 7.56. The third-order valence-corrected chi connectivity index (χ3v) is 3.04. The van der Waals surface area contributed by atoms with Crippen molar-refractivity contribution in [2.75, 3.05) is 19.7 Å². The minimum absolute atomic E-state index is 0.189. The monoisotopic (exact) mass is 155 g/mol. The summed E-state index contributed by atoms with van der Waals surface area (Å²) in [6.07, 6.45) is 5.12. The molecule has 0 saturated carbocycles. The average Bonchev–Trinajstić information content (AvgIpc) is 2.62. The van der Waals surface area contributed by atoms with Gasteiger partial charge >= 0.3 is 0 Å². The highest BCUT2D eigenvalue weighted by molar-refractivity contribution is 4.90. The number of rotatable bonds is 1. The van der Waals surface area contributed by atoms with E-state index in [0.29, 0.717) is 0 Å². The number of hydrogen-bond donors (Lipinski definition) is 0. The van der Waals surface area contributed by atoms with Crippen LogP contribution in [-0.2, 0) is 4.74 Å². The fourth-order valence-electron chi connectivity index (χ4n) is 2.48. The smallest absolute Gasteiger partial charge is 0.121 e. The van der Waals surface area contributed by atoms with Gasteiger partial charge in [0.1, 0.15) is 5.72 Å². The Labute approximate surface area is 68.5 Å². The second kappa shape index (κ2) is 2.76. The van der Waals surface area contributed by atoms with Crippen LogP contribution in [0.25, 0.3) is 0 Å². The van der Waals surface area contributed by atoms with Gasteiger partial charge in [-0.1, -0.05) is 6.92 Å². The van der Waals surface area contributed by atoms with E-state index in [2.05, 4.69) is 11.8 Å². The standard InChI is InChI=1S/C9H17NO/c1-2-10-7-3-5-9(10)6-4-8-11-9/h2-8H2,1H3. The summed E-state index contributed by atoms with van der Waals surface area (Å²) in [6, 6.07) is 0. The average molecular weight is 155 g/mol. The second-order valence-corrected chi connectivity index (χ2v) is 3.58. The van der Waals surface area contributed by atoms with Crippen LogP contribution >= 0.6 is 0 Å². The minimum Gasteiger partial charge on any atom is -0.360 e. The number of hydrogen-bond acceptors (Lipinski definition) is 2. The van der Waals surface area contributed by atoms with Gasteiger partial charge in [-0.2, -0.15) is 0 Å². The summed E-state index contributed by atoms with van der Waals surface area (Å²) < 4.78 is 5.83. The normalized spacial score (nSPS) is 39.0. The zero-order valence-electron chi connectivity index (χ0n) is 7.31. The number of likely N-dealkylation sites (tertiary alicyclic amines) is 1. The van der Waals surface area contributed by atoms with Crippen molar-refractivity contribution >= 4 is 0 Å². The fourth-order valence-corrected chi connectivity index (χ4v) is 2.48. The number of ether oxygens (including phenoxy) is 1. The van der Waals surface area contributed by atoms with E-state index >= 15 is 0 Å². The molecule has 0 aromatic carbocycles. The molecule has 2 aliphatic rings. The summed E-state index contributed by atoms with van der Waals surface area (Å²) in [4.78, 5) is 2.50. The Morgan fingerprint density at radius 2 is 2.18 bits per heavy atom. The molecule has 2 heteroatoms. The molecule has 1 unspecified atom stereocenters. The topological polar surface area (TPSA) is 12.5 Å². The maximum absolute atomic E-state index is 5.83. The van der Waals surface area contributed by atoms with Crippen LogP contribution in [0.1, 0.15) is 32.6 Å². The Morgan fingerprint density at radius 3 is 2.82 bits per heavy atom. The van der Waals surface area contributed by atoms with Crippen LogP contribution < -0.4 is 0 Å². The summed E-state index contributed by atoms with van der Waals surface area (Å²) in [5, 5.41) is 0. The van der Waals surface area contributed by atoms with Gasteiger partial charge in [0.2, 0.25) is 0 Å². The Morgan fingerprint density at radius 1 is 1.36 bits per heavy atom. The van der Waals surface area contributed by atoms with E-state index in [-0.39, 0.29) is 5.72 Å². The van der Waals surface area contributed by atoms with Crippen molar-refractivity contribution < 1.29 is 4.74 Å². The molecule has 0 aromatic rings. The molecule has 2 nitrogen and oxygen atoms in total. The van der Waals surface area contributed by atoms with Crippen LogP contribution in [-0.4, -0.2) is 30.3 Å². The van der Waals surface area contributed by atoms with Gasteiger partial charge in [-0.3, -0.25) is 4.90 Å². The lowest BCUT2D eigenvalue weighted by atomic mass is 10.1. The Kier molecular flexibility index (Phi) is 1.90. The van der Waals surface area contributed by atoms with Crippen LogP contribution in [0.2, 0.25) is 0 Å². The number of nitrogens with zero attached hydrogens (tertiary/aromatic N) is 1. The van der Waals surface area contributed by atoms with Gasteiger partial charge in [0.05, 0.1) is 0 Å². The predicted molar refractivity (Wildman–Crippen MR) is 44.4 cm³/mol. The first-order chi connectivity index (χ1) is 5.37. The summed E-state index contributed by atoms with van der Waals surface area (Å²) >= 11 is 0. The molecule has 0 bridgehead atoms. The Balaban J connectivity index is 2.09. The molecule has 0 radical (unpaired) electrons. The zero-order chi connectivity index (χ0) is 7.73. The molecular weight excluding hydrogens is 138 g/mol. The van der Waals surface area contributed by atoms with E-state index in [1.54, 1.807) is 0 Å². The largest absolute Gasteiger partial charge is 0.360 e. The lowest BCUT2D eigenvalue weighted by Gasteiger charge is -2.32. The van der Waals surface area contributed by atoms with E-state index in [9.17, 15) is 0 Å². The van der Waals surface area contributed by atoms with Crippen LogP contribution in [0.3, 0.4) is 0 Å². The third kappa shape index (κ3) is 1.09. The van der Waals surface area contributed by atoms with E-state index in [4.69, 9.17) is 4.74 Å². The van der Waals surface area contributed by atoms with Crippen molar-refractivity contribution in [3.05, 3.63) is 0 Å². The van der Waals surface area contributed by atoms with Gasteiger partial charge in [0.25, 0.3) is 0 Å². The lowest BCUT2D eigenvalue weighted by Crippen LogP contribution is -2.42. The molecule has 1 atom stereocenters.